The van der Waals surface area contributed by atoms with Gasteiger partial charge in [-0.3, -0.25) is 9.59 Å². The van der Waals surface area contributed by atoms with Crippen LogP contribution in [0.4, 0.5) is 24.3 Å². The van der Waals surface area contributed by atoms with E-state index in [1.54, 1.807) is 39.4 Å². The molecule has 37 heavy (non-hydrogen) atoms. The van der Waals surface area contributed by atoms with Crippen LogP contribution in [-0.4, -0.2) is 65.3 Å². The van der Waals surface area contributed by atoms with Crippen molar-refractivity contribution in [3.63, 3.8) is 0 Å². The van der Waals surface area contributed by atoms with Crippen LogP contribution in [-0.2, 0) is 16.1 Å². The van der Waals surface area contributed by atoms with E-state index in [0.29, 0.717) is 45.5 Å². The maximum atomic E-state index is 12.7. The van der Waals surface area contributed by atoms with E-state index in [-0.39, 0.29) is 30.3 Å². The van der Waals surface area contributed by atoms with Gasteiger partial charge in [0.05, 0.1) is 27.9 Å². The Labute approximate surface area is 213 Å². The van der Waals surface area contributed by atoms with Crippen molar-refractivity contribution in [2.24, 2.45) is 0 Å². The van der Waals surface area contributed by atoms with Crippen molar-refractivity contribution in [1.29, 1.82) is 0 Å². The fraction of sp³-hybridized carbons (Fsp3) is 0.333. The molecule has 0 aliphatic heterocycles. The Morgan fingerprint density at radius 1 is 1.08 bits per heavy atom. The van der Waals surface area contributed by atoms with Crippen LogP contribution in [0.25, 0.3) is 21.3 Å². The summed E-state index contributed by atoms with van der Waals surface area (Å²) < 4.78 is 49.3. The predicted octanol–water partition coefficient (Wildman–Crippen LogP) is 4.99. The number of Topliss-reactive ketones (excluding diaryl/α,β-unsaturated/α-hetero) is 1. The summed E-state index contributed by atoms with van der Waals surface area (Å²) in [5, 5.41) is 3.56. The van der Waals surface area contributed by atoms with Gasteiger partial charge in [-0.15, -0.1) is 13.2 Å². The Balaban J connectivity index is 1.61. The first-order chi connectivity index (χ1) is 17.5. The Kier molecular flexibility index (Phi) is 7.64. The first-order valence-corrected chi connectivity index (χ1v) is 12.0. The summed E-state index contributed by atoms with van der Waals surface area (Å²) in [5.41, 5.74) is 2.26. The minimum absolute atomic E-state index is 0.0871. The number of imidazole rings is 1. The van der Waals surface area contributed by atoms with Crippen LogP contribution in [0.2, 0.25) is 0 Å². The van der Waals surface area contributed by atoms with Gasteiger partial charge in [0.2, 0.25) is 11.9 Å². The van der Waals surface area contributed by atoms with Gasteiger partial charge in [0.25, 0.3) is 0 Å². The molecule has 2 heterocycles. The maximum absolute atomic E-state index is 12.7. The number of amides is 1. The number of rotatable bonds is 10. The van der Waals surface area contributed by atoms with Gasteiger partial charge in [-0.2, -0.15) is 0 Å². The minimum atomic E-state index is -4.78. The fourth-order valence-corrected chi connectivity index (χ4v) is 4.54. The second-order valence-electron chi connectivity index (χ2n) is 8.32. The summed E-state index contributed by atoms with van der Waals surface area (Å²) in [7, 11) is 4.85. The van der Waals surface area contributed by atoms with Gasteiger partial charge in [0, 0.05) is 52.2 Å². The highest BCUT2D eigenvalue weighted by atomic mass is 32.1. The van der Waals surface area contributed by atoms with Crippen molar-refractivity contribution in [2.45, 2.75) is 25.7 Å². The van der Waals surface area contributed by atoms with Crippen molar-refractivity contribution in [2.75, 3.05) is 33.1 Å². The molecular weight excluding hydrogens is 511 g/mol. The highest BCUT2D eigenvalue weighted by Crippen LogP contribution is 2.33. The molecule has 0 aliphatic rings. The second-order valence-corrected chi connectivity index (χ2v) is 9.35. The van der Waals surface area contributed by atoms with Crippen molar-refractivity contribution in [1.82, 2.24) is 19.4 Å². The molecule has 2 aromatic carbocycles. The molecule has 1 amide bonds. The summed E-state index contributed by atoms with van der Waals surface area (Å²) in [6, 6.07) is 9.08. The third-order valence-electron chi connectivity index (χ3n) is 5.47. The SMILES string of the molecule is COCCn1c(Nc2nc3ccc(OC(F)(F)F)cc3s2)nc2cc(C(=O)CCC(=O)N(C)C)ccc21. The zero-order valence-corrected chi connectivity index (χ0v) is 21.1. The van der Waals surface area contributed by atoms with E-state index < -0.39 is 6.36 Å². The smallest absolute Gasteiger partial charge is 0.406 e. The van der Waals surface area contributed by atoms with E-state index in [0.717, 1.165) is 16.9 Å². The highest BCUT2D eigenvalue weighted by Gasteiger charge is 2.31. The molecule has 1 N–H and O–H groups in total. The number of nitrogens with zero attached hydrogens (tertiary/aromatic N) is 4. The van der Waals surface area contributed by atoms with Gasteiger partial charge in [0.1, 0.15) is 5.75 Å². The van der Waals surface area contributed by atoms with E-state index in [1.165, 1.54) is 23.1 Å². The first-order valence-electron chi connectivity index (χ1n) is 11.2. The number of methoxy groups -OCH3 is 1. The molecule has 4 aromatic rings. The molecule has 0 spiro atoms. The van der Waals surface area contributed by atoms with Crippen LogP contribution in [0.5, 0.6) is 5.75 Å². The number of hydrogen-bond donors (Lipinski definition) is 1. The number of carbonyl (C=O) groups excluding carboxylic acids is 2. The summed E-state index contributed by atoms with van der Waals surface area (Å²) >= 11 is 1.15. The topological polar surface area (TPSA) is 98.6 Å². The van der Waals surface area contributed by atoms with Crippen molar-refractivity contribution in [3.05, 3.63) is 42.0 Å². The van der Waals surface area contributed by atoms with Crippen molar-refractivity contribution in [3.8, 4) is 5.75 Å². The highest BCUT2D eigenvalue weighted by molar-refractivity contribution is 7.22. The number of benzene rings is 2. The molecule has 0 saturated heterocycles. The van der Waals surface area contributed by atoms with E-state index >= 15 is 0 Å². The normalized spacial score (nSPS) is 11.7. The van der Waals surface area contributed by atoms with E-state index in [1.807, 2.05) is 4.57 Å². The average molecular weight is 536 g/mol. The number of anilines is 2. The van der Waals surface area contributed by atoms with E-state index in [4.69, 9.17) is 4.74 Å². The monoisotopic (exact) mass is 535 g/mol. The molecule has 0 fully saturated rings. The van der Waals surface area contributed by atoms with Crippen LogP contribution in [0, 0.1) is 0 Å². The number of hydrogen-bond acceptors (Lipinski definition) is 8. The Morgan fingerprint density at radius 2 is 1.86 bits per heavy atom. The fourth-order valence-electron chi connectivity index (χ4n) is 3.65. The maximum Gasteiger partial charge on any atom is 0.573 e. The lowest BCUT2D eigenvalue weighted by molar-refractivity contribution is -0.274. The zero-order chi connectivity index (χ0) is 26.7. The molecule has 4 rings (SSSR count). The second kappa shape index (κ2) is 10.7. The lowest BCUT2D eigenvalue weighted by atomic mass is 10.1. The van der Waals surface area contributed by atoms with Crippen molar-refractivity contribution >= 4 is 55.4 Å². The Morgan fingerprint density at radius 3 is 2.57 bits per heavy atom. The Hall–Kier alpha value is -3.71. The molecule has 2 aromatic heterocycles. The van der Waals surface area contributed by atoms with Crippen LogP contribution in [0.1, 0.15) is 23.2 Å². The van der Waals surface area contributed by atoms with Crippen LogP contribution < -0.4 is 10.1 Å². The molecule has 0 unspecified atom stereocenters. The number of ether oxygens (including phenoxy) is 2. The standard InChI is InChI=1S/C24H24F3N5O4S/c1-31(2)21(34)9-8-19(33)14-4-7-18-17(12-14)28-22(32(18)10-11-35-3)30-23-29-16-6-5-15(13-20(16)37-23)36-24(25,26)27/h4-7,12-13H,8-11H2,1-3H3,(H,28,29,30). The predicted molar refractivity (Wildman–Crippen MR) is 133 cm³/mol. The number of thiazole rings is 1. The molecule has 196 valence electrons. The third kappa shape index (κ3) is 6.35. The molecule has 0 atom stereocenters. The summed E-state index contributed by atoms with van der Waals surface area (Å²) in [6.45, 7) is 0.847. The molecule has 0 radical (unpaired) electrons. The summed E-state index contributed by atoms with van der Waals surface area (Å²) in [4.78, 5) is 35.0. The Bertz CT molecular complexity index is 1450. The van der Waals surface area contributed by atoms with Gasteiger partial charge in [-0.05, 0) is 30.3 Å². The molecule has 9 nitrogen and oxygen atoms in total. The number of alkyl halides is 3. The lowest BCUT2D eigenvalue weighted by Crippen LogP contribution is -2.22. The minimum Gasteiger partial charge on any atom is -0.406 e. The molecule has 13 heteroatoms. The van der Waals surface area contributed by atoms with Gasteiger partial charge >= 0.3 is 6.36 Å². The van der Waals surface area contributed by atoms with Crippen molar-refractivity contribution < 1.29 is 32.2 Å². The largest absolute Gasteiger partial charge is 0.573 e. The number of aromatic nitrogens is 3. The molecular formula is C24H24F3N5O4S. The number of fused-ring (bicyclic) bond motifs is 2. The first kappa shape index (κ1) is 26.4. The summed E-state index contributed by atoms with van der Waals surface area (Å²) in [5.74, 6) is -0.184. The quantitative estimate of drug-likeness (QED) is 0.286. The number of halogens is 3. The lowest BCUT2D eigenvalue weighted by Gasteiger charge is -2.10. The van der Waals surface area contributed by atoms with Gasteiger partial charge in [-0.25, -0.2) is 9.97 Å². The summed E-state index contributed by atoms with van der Waals surface area (Å²) in [6.07, 6.45) is -4.58. The van der Waals surface area contributed by atoms with Crippen LogP contribution in [0.15, 0.2) is 36.4 Å². The molecule has 0 saturated carbocycles. The van der Waals surface area contributed by atoms with Gasteiger partial charge in [-0.1, -0.05) is 11.3 Å². The van der Waals surface area contributed by atoms with Gasteiger partial charge < -0.3 is 24.3 Å². The molecule has 0 bridgehead atoms. The zero-order valence-electron chi connectivity index (χ0n) is 20.3. The van der Waals surface area contributed by atoms with E-state index in [2.05, 4.69) is 20.0 Å². The van der Waals surface area contributed by atoms with Crippen LogP contribution in [0.3, 0.4) is 0 Å². The van der Waals surface area contributed by atoms with Crippen LogP contribution >= 0.6 is 11.3 Å². The van der Waals surface area contributed by atoms with Gasteiger partial charge in [0.15, 0.2) is 10.9 Å². The number of carbonyl (C=O) groups is 2. The van der Waals surface area contributed by atoms with E-state index in [9.17, 15) is 22.8 Å². The third-order valence-corrected chi connectivity index (χ3v) is 6.40. The number of nitrogens with one attached hydrogen (secondary N) is 1. The number of ketones is 1. The average Bonchev–Trinajstić information content (AvgIpc) is 3.38. The molecule has 0 aliphatic carbocycles.